The summed E-state index contributed by atoms with van der Waals surface area (Å²) >= 11 is 1.09. The van der Waals surface area contributed by atoms with Gasteiger partial charge in [0, 0.05) is 12.0 Å². The molecule has 0 saturated heterocycles. The van der Waals surface area contributed by atoms with Crippen molar-refractivity contribution in [3.8, 4) is 5.75 Å². The van der Waals surface area contributed by atoms with Crippen LogP contribution in [0.3, 0.4) is 0 Å². The number of carbonyl (C=O) groups excluding carboxylic acids is 1. The SMILES string of the molecule is CC(C)c1nnc(NC(=O)c2cc(OCC(F)(F)F)ccc2[N+](=O)[O-])s1. The Hall–Kier alpha value is -2.76. The minimum atomic E-state index is -4.58. The summed E-state index contributed by atoms with van der Waals surface area (Å²) in [6, 6.07) is 2.77. The smallest absolute Gasteiger partial charge is 0.422 e. The number of nitro groups is 1. The number of alkyl halides is 3. The fraction of sp³-hybridized carbons (Fsp3) is 0.357. The Balaban J connectivity index is 2.25. The van der Waals surface area contributed by atoms with Crippen molar-refractivity contribution in [2.24, 2.45) is 0 Å². The summed E-state index contributed by atoms with van der Waals surface area (Å²) in [5.41, 5.74) is -1.02. The zero-order valence-electron chi connectivity index (χ0n) is 13.5. The van der Waals surface area contributed by atoms with Crippen LogP contribution in [-0.2, 0) is 0 Å². The Morgan fingerprint density at radius 3 is 2.62 bits per heavy atom. The Morgan fingerprint density at radius 1 is 1.38 bits per heavy atom. The molecule has 1 amide bonds. The fourth-order valence-electron chi connectivity index (χ4n) is 1.79. The molecule has 0 atom stereocenters. The van der Waals surface area contributed by atoms with E-state index in [1.165, 1.54) is 0 Å². The van der Waals surface area contributed by atoms with Gasteiger partial charge in [-0.2, -0.15) is 13.2 Å². The number of aromatic nitrogens is 2. The van der Waals surface area contributed by atoms with Crippen molar-refractivity contribution in [2.45, 2.75) is 25.9 Å². The molecule has 8 nitrogen and oxygen atoms in total. The van der Waals surface area contributed by atoms with Crippen LogP contribution < -0.4 is 10.1 Å². The Bertz CT molecular complexity index is 823. The van der Waals surface area contributed by atoms with Gasteiger partial charge in [-0.1, -0.05) is 25.2 Å². The van der Waals surface area contributed by atoms with Gasteiger partial charge in [0.05, 0.1) is 4.92 Å². The van der Waals surface area contributed by atoms with Gasteiger partial charge >= 0.3 is 6.18 Å². The number of nitro benzene ring substituents is 1. The van der Waals surface area contributed by atoms with Crippen LogP contribution in [0, 0.1) is 10.1 Å². The number of rotatable bonds is 6. The highest BCUT2D eigenvalue weighted by Gasteiger charge is 2.29. The summed E-state index contributed by atoms with van der Waals surface area (Å²) in [7, 11) is 0. The number of benzene rings is 1. The van der Waals surface area contributed by atoms with E-state index in [-0.39, 0.29) is 16.8 Å². The van der Waals surface area contributed by atoms with Gasteiger partial charge in [0.2, 0.25) is 5.13 Å². The molecule has 0 fully saturated rings. The molecule has 0 aliphatic rings. The maximum absolute atomic E-state index is 12.3. The average molecular weight is 390 g/mol. The van der Waals surface area contributed by atoms with E-state index in [2.05, 4.69) is 20.3 Å². The van der Waals surface area contributed by atoms with Crippen molar-refractivity contribution in [3.05, 3.63) is 38.9 Å². The number of carbonyl (C=O) groups is 1. The van der Waals surface area contributed by atoms with Crippen LogP contribution in [0.5, 0.6) is 5.75 Å². The molecule has 0 bridgehead atoms. The number of hydrogen-bond donors (Lipinski definition) is 1. The Morgan fingerprint density at radius 2 is 2.08 bits per heavy atom. The Labute approximate surface area is 149 Å². The summed E-state index contributed by atoms with van der Waals surface area (Å²) in [6.07, 6.45) is -4.58. The summed E-state index contributed by atoms with van der Waals surface area (Å²) in [5, 5.41) is 21.8. The minimum Gasteiger partial charge on any atom is -0.484 e. The van der Waals surface area contributed by atoms with Gasteiger partial charge in [-0.05, 0) is 12.1 Å². The summed E-state index contributed by atoms with van der Waals surface area (Å²) in [5.74, 6) is -1.15. The predicted molar refractivity (Wildman–Crippen MR) is 86.6 cm³/mol. The van der Waals surface area contributed by atoms with Crippen molar-refractivity contribution in [2.75, 3.05) is 11.9 Å². The van der Waals surface area contributed by atoms with Crippen molar-refractivity contribution in [1.29, 1.82) is 0 Å². The van der Waals surface area contributed by atoms with Crippen LogP contribution in [0.4, 0.5) is 24.0 Å². The normalized spacial score (nSPS) is 11.5. The van der Waals surface area contributed by atoms with Crippen molar-refractivity contribution >= 4 is 28.1 Å². The molecule has 0 spiro atoms. The predicted octanol–water partition coefficient (Wildman–Crippen LogP) is 3.76. The molecule has 140 valence electrons. The highest BCUT2D eigenvalue weighted by atomic mass is 32.1. The molecule has 0 aliphatic carbocycles. The molecule has 26 heavy (non-hydrogen) atoms. The van der Waals surface area contributed by atoms with Gasteiger partial charge in [0.15, 0.2) is 6.61 Å². The van der Waals surface area contributed by atoms with Gasteiger partial charge in [-0.15, -0.1) is 10.2 Å². The number of amides is 1. The molecule has 1 aromatic heterocycles. The second-order valence-corrected chi connectivity index (χ2v) is 6.40. The van der Waals surface area contributed by atoms with E-state index in [0.29, 0.717) is 5.01 Å². The molecule has 0 aliphatic heterocycles. The first-order valence-corrected chi connectivity index (χ1v) is 8.01. The third kappa shape index (κ3) is 5.12. The van der Waals surface area contributed by atoms with Crippen LogP contribution in [0.15, 0.2) is 18.2 Å². The van der Waals surface area contributed by atoms with Crippen molar-refractivity contribution in [1.82, 2.24) is 10.2 Å². The van der Waals surface area contributed by atoms with E-state index in [1.54, 1.807) is 0 Å². The van der Waals surface area contributed by atoms with E-state index >= 15 is 0 Å². The molecule has 1 heterocycles. The lowest BCUT2D eigenvalue weighted by Gasteiger charge is -2.10. The molecule has 2 rings (SSSR count). The quantitative estimate of drug-likeness (QED) is 0.594. The van der Waals surface area contributed by atoms with Gasteiger partial charge in [0.1, 0.15) is 16.3 Å². The molecule has 2 aromatic rings. The second-order valence-electron chi connectivity index (χ2n) is 5.39. The molecule has 0 radical (unpaired) electrons. The lowest BCUT2D eigenvalue weighted by Crippen LogP contribution is -2.20. The highest BCUT2D eigenvalue weighted by molar-refractivity contribution is 7.15. The summed E-state index contributed by atoms with van der Waals surface area (Å²) in [6.45, 7) is 2.16. The van der Waals surface area contributed by atoms with E-state index in [0.717, 1.165) is 29.5 Å². The van der Waals surface area contributed by atoms with E-state index in [1.807, 2.05) is 13.8 Å². The largest absolute Gasteiger partial charge is 0.484 e. The number of nitrogens with zero attached hydrogens (tertiary/aromatic N) is 3. The van der Waals surface area contributed by atoms with Gasteiger partial charge in [-0.25, -0.2) is 0 Å². The third-order valence-corrected chi connectivity index (χ3v) is 4.11. The summed E-state index contributed by atoms with van der Waals surface area (Å²) < 4.78 is 41.2. The van der Waals surface area contributed by atoms with Gasteiger partial charge in [0.25, 0.3) is 11.6 Å². The standard InChI is InChI=1S/C14H13F3N4O4S/c1-7(2)12-19-20-13(26-12)18-11(22)9-5-8(25-6-14(15,16)17)3-4-10(9)21(23)24/h3-5,7H,6H2,1-2H3,(H,18,20,22). The molecule has 1 N–H and O–H groups in total. The lowest BCUT2D eigenvalue weighted by atomic mass is 10.1. The minimum absolute atomic E-state index is 0.0755. The molecular formula is C14H13F3N4O4S. The highest BCUT2D eigenvalue weighted by Crippen LogP contribution is 2.28. The topological polar surface area (TPSA) is 107 Å². The van der Waals surface area contributed by atoms with Crippen LogP contribution >= 0.6 is 11.3 Å². The maximum Gasteiger partial charge on any atom is 0.422 e. The van der Waals surface area contributed by atoms with Crippen molar-refractivity contribution < 1.29 is 27.6 Å². The van der Waals surface area contributed by atoms with E-state index in [4.69, 9.17) is 0 Å². The third-order valence-electron chi connectivity index (χ3n) is 2.97. The molecule has 1 aromatic carbocycles. The van der Waals surface area contributed by atoms with Crippen LogP contribution in [0.1, 0.15) is 35.1 Å². The second kappa shape index (κ2) is 7.64. The zero-order valence-corrected chi connectivity index (χ0v) is 14.3. The summed E-state index contributed by atoms with van der Waals surface area (Å²) in [4.78, 5) is 22.6. The first-order valence-electron chi connectivity index (χ1n) is 7.19. The zero-order chi connectivity index (χ0) is 19.5. The fourth-order valence-corrected chi connectivity index (χ4v) is 2.53. The van der Waals surface area contributed by atoms with Crippen molar-refractivity contribution in [3.63, 3.8) is 0 Å². The number of nitrogens with one attached hydrogen (secondary N) is 1. The molecule has 0 unspecified atom stereocenters. The lowest BCUT2D eigenvalue weighted by molar-refractivity contribution is -0.385. The molecular weight excluding hydrogens is 377 g/mol. The number of halogens is 3. The number of anilines is 1. The monoisotopic (exact) mass is 390 g/mol. The maximum atomic E-state index is 12.3. The van der Waals surface area contributed by atoms with Gasteiger partial charge in [-0.3, -0.25) is 20.2 Å². The number of hydrogen-bond acceptors (Lipinski definition) is 7. The molecule has 12 heteroatoms. The van der Waals surface area contributed by atoms with E-state index in [9.17, 15) is 28.1 Å². The van der Waals surface area contributed by atoms with Gasteiger partial charge < -0.3 is 4.74 Å². The number of ether oxygens (including phenoxy) is 1. The first kappa shape index (κ1) is 19.6. The van der Waals surface area contributed by atoms with Crippen LogP contribution in [0.25, 0.3) is 0 Å². The van der Waals surface area contributed by atoms with E-state index < -0.39 is 34.9 Å². The van der Waals surface area contributed by atoms with Crippen LogP contribution in [-0.4, -0.2) is 33.8 Å². The first-order chi connectivity index (χ1) is 12.1. The molecule has 0 saturated carbocycles. The Kier molecular flexibility index (Phi) is 5.75. The van der Waals surface area contributed by atoms with Crippen LogP contribution in [0.2, 0.25) is 0 Å². The average Bonchev–Trinajstić information content (AvgIpc) is 3.00.